The molecule has 0 bridgehead atoms. The predicted octanol–water partition coefficient (Wildman–Crippen LogP) is 1.72. The van der Waals surface area contributed by atoms with E-state index in [0.29, 0.717) is 28.7 Å². The Morgan fingerprint density at radius 2 is 2.11 bits per heavy atom. The first kappa shape index (κ1) is 18.1. The molecule has 1 atom stereocenters. The van der Waals surface area contributed by atoms with Crippen LogP contribution < -0.4 is 20.7 Å². The van der Waals surface area contributed by atoms with Gasteiger partial charge in [-0.25, -0.2) is 18.5 Å². The van der Waals surface area contributed by atoms with E-state index in [9.17, 15) is 13.2 Å². The maximum Gasteiger partial charge on any atom is 0.257 e. The first-order valence-electron chi connectivity index (χ1n) is 8.51. The Labute approximate surface area is 162 Å². The highest BCUT2D eigenvalue weighted by atomic mass is 32.2. The largest absolute Gasteiger partial charge is 0.327 e. The molecule has 0 fully saturated rings. The van der Waals surface area contributed by atoms with Gasteiger partial charge in [0.2, 0.25) is 16.0 Å². The van der Waals surface area contributed by atoms with Gasteiger partial charge in [-0.1, -0.05) is 24.3 Å². The van der Waals surface area contributed by atoms with Crippen LogP contribution in [-0.4, -0.2) is 36.6 Å². The number of allylic oxidation sites excluding steroid dienone is 2. The van der Waals surface area contributed by atoms with Crippen molar-refractivity contribution in [3.8, 4) is 0 Å². The summed E-state index contributed by atoms with van der Waals surface area (Å²) in [7, 11) is -1.79. The van der Waals surface area contributed by atoms with Gasteiger partial charge in [0.25, 0.3) is 5.91 Å². The number of rotatable bonds is 3. The molecule has 0 radical (unpaired) electrons. The summed E-state index contributed by atoms with van der Waals surface area (Å²) >= 11 is 0. The van der Waals surface area contributed by atoms with Gasteiger partial charge in [0.15, 0.2) is 5.82 Å². The first-order chi connectivity index (χ1) is 13.3. The first-order valence-corrected chi connectivity index (χ1v) is 10.1. The molecule has 0 spiro atoms. The van der Waals surface area contributed by atoms with Gasteiger partial charge in [-0.05, 0) is 24.6 Å². The van der Waals surface area contributed by atoms with Crippen LogP contribution in [0.15, 0.2) is 54.4 Å². The third-order valence-corrected chi connectivity index (χ3v) is 5.78. The Morgan fingerprint density at radius 3 is 2.82 bits per heavy atom. The molecule has 2 heterocycles. The van der Waals surface area contributed by atoms with E-state index in [1.807, 2.05) is 24.1 Å². The number of hydrogen-bond donors (Lipinski definition) is 3. The molecule has 1 aliphatic carbocycles. The predicted molar refractivity (Wildman–Crippen MR) is 107 cm³/mol. The Bertz CT molecular complexity index is 1130. The lowest BCUT2D eigenvalue weighted by molar-refractivity contribution is 0.102. The number of amides is 1. The number of anilines is 4. The Balaban J connectivity index is 1.62. The van der Waals surface area contributed by atoms with E-state index in [4.69, 9.17) is 5.14 Å². The van der Waals surface area contributed by atoms with Crippen molar-refractivity contribution in [3.05, 3.63) is 60.0 Å². The van der Waals surface area contributed by atoms with Crippen molar-refractivity contribution in [3.63, 3.8) is 0 Å². The summed E-state index contributed by atoms with van der Waals surface area (Å²) in [4.78, 5) is 23.0. The van der Waals surface area contributed by atoms with Crippen molar-refractivity contribution in [1.82, 2.24) is 9.97 Å². The number of carbonyl (C=O) groups excluding carboxylic acids is 1. The second-order valence-electron chi connectivity index (χ2n) is 6.47. The van der Waals surface area contributed by atoms with Gasteiger partial charge < -0.3 is 15.5 Å². The maximum absolute atomic E-state index is 12.4. The lowest BCUT2D eigenvalue weighted by Gasteiger charge is -2.20. The van der Waals surface area contributed by atoms with Gasteiger partial charge >= 0.3 is 0 Å². The number of aromatic nitrogens is 2. The minimum Gasteiger partial charge on any atom is -0.327 e. The molecule has 9 nitrogen and oxygen atoms in total. The number of primary sulfonamides is 1. The Morgan fingerprint density at radius 1 is 1.32 bits per heavy atom. The smallest absolute Gasteiger partial charge is 0.257 e. The average Bonchev–Trinajstić information content (AvgIpc) is 2.77. The van der Waals surface area contributed by atoms with Crippen LogP contribution >= 0.6 is 0 Å². The van der Waals surface area contributed by atoms with Crippen molar-refractivity contribution in [2.24, 2.45) is 5.14 Å². The van der Waals surface area contributed by atoms with Crippen molar-refractivity contribution < 1.29 is 13.2 Å². The summed E-state index contributed by atoms with van der Waals surface area (Å²) in [6, 6.07) is 7.25. The zero-order valence-electron chi connectivity index (χ0n) is 15.0. The number of nitrogens with one attached hydrogen (secondary N) is 2. The molecular weight excluding hydrogens is 380 g/mol. The minimum atomic E-state index is -3.62. The number of fused-ring (bicyclic) bond motifs is 2. The third-order valence-electron chi connectivity index (χ3n) is 4.58. The van der Waals surface area contributed by atoms with Gasteiger partial charge in [0, 0.05) is 12.7 Å². The second kappa shape index (κ2) is 6.73. The summed E-state index contributed by atoms with van der Waals surface area (Å²) in [5.74, 6) is 0.639. The van der Waals surface area contributed by atoms with E-state index < -0.39 is 15.3 Å². The third kappa shape index (κ3) is 3.35. The van der Waals surface area contributed by atoms with Crippen molar-refractivity contribution >= 4 is 39.1 Å². The zero-order chi connectivity index (χ0) is 19.9. The van der Waals surface area contributed by atoms with Gasteiger partial charge in [0.05, 0.1) is 22.7 Å². The highest BCUT2D eigenvalue weighted by molar-refractivity contribution is 7.89. The van der Waals surface area contributed by atoms with Crippen LogP contribution in [0.4, 0.5) is 23.1 Å². The van der Waals surface area contributed by atoms with E-state index in [0.717, 1.165) is 5.69 Å². The van der Waals surface area contributed by atoms with E-state index in [2.05, 4.69) is 20.6 Å². The molecule has 4 N–H and O–H groups in total. The van der Waals surface area contributed by atoms with Gasteiger partial charge in [0.1, 0.15) is 5.69 Å². The lowest BCUT2D eigenvalue weighted by atomic mass is 10.1. The van der Waals surface area contributed by atoms with Crippen LogP contribution in [0.1, 0.15) is 16.8 Å². The number of sulfonamides is 1. The van der Waals surface area contributed by atoms with Crippen LogP contribution in [0, 0.1) is 0 Å². The van der Waals surface area contributed by atoms with E-state index in [1.54, 1.807) is 24.3 Å². The molecule has 2 aliphatic rings. The number of benzene rings is 1. The Kier molecular flexibility index (Phi) is 4.36. The fourth-order valence-corrected chi connectivity index (χ4v) is 3.77. The molecule has 2 aromatic rings. The van der Waals surface area contributed by atoms with Crippen LogP contribution in [0.25, 0.3) is 0 Å². The van der Waals surface area contributed by atoms with Gasteiger partial charge in [-0.2, -0.15) is 4.98 Å². The minimum absolute atomic E-state index is 0.225. The summed E-state index contributed by atoms with van der Waals surface area (Å²) in [5.41, 5.74) is 2.44. The van der Waals surface area contributed by atoms with Gasteiger partial charge in [-0.15, -0.1) is 0 Å². The second-order valence-corrected chi connectivity index (χ2v) is 8.25. The van der Waals surface area contributed by atoms with E-state index >= 15 is 0 Å². The monoisotopic (exact) mass is 398 g/mol. The normalized spacial score (nSPS) is 18.5. The molecule has 28 heavy (non-hydrogen) atoms. The standard InChI is InChI=1S/C18H18N6O3S/c1-24-15-5-3-2-4-13(15)17(25)22-14-10-20-18(23-16(14)24)21-11-6-8-12(9-7-11)28(19,26)27/h2-8,10,12H,9H2,1H3,(H,22,25)(H2,19,26,27)(H,20,21,23). The highest BCUT2D eigenvalue weighted by Crippen LogP contribution is 2.35. The van der Waals surface area contributed by atoms with Crippen molar-refractivity contribution in [2.45, 2.75) is 11.7 Å². The number of para-hydroxylation sites is 1. The maximum atomic E-state index is 12.4. The quantitative estimate of drug-likeness (QED) is 0.717. The van der Waals surface area contributed by atoms with Gasteiger partial charge in [-0.3, -0.25) is 4.79 Å². The van der Waals surface area contributed by atoms with Crippen LogP contribution in [0.5, 0.6) is 0 Å². The summed E-state index contributed by atoms with van der Waals surface area (Å²) in [6.45, 7) is 0. The molecule has 1 amide bonds. The summed E-state index contributed by atoms with van der Waals surface area (Å²) < 4.78 is 22.8. The summed E-state index contributed by atoms with van der Waals surface area (Å²) in [6.07, 6.45) is 6.69. The fourth-order valence-electron chi connectivity index (χ4n) is 3.10. The van der Waals surface area contributed by atoms with Crippen molar-refractivity contribution in [1.29, 1.82) is 0 Å². The van der Waals surface area contributed by atoms with E-state index in [-0.39, 0.29) is 12.3 Å². The molecule has 1 unspecified atom stereocenters. The molecule has 144 valence electrons. The summed E-state index contributed by atoms with van der Waals surface area (Å²) in [5, 5.41) is 10.3. The SMILES string of the molecule is CN1c2ccccc2C(=O)Nc2cnc(NC3=CCC(S(N)(=O)=O)C=C3)nc21. The molecule has 10 heteroatoms. The molecule has 1 aromatic carbocycles. The van der Waals surface area contributed by atoms with Crippen LogP contribution in [-0.2, 0) is 10.0 Å². The molecule has 1 aliphatic heterocycles. The van der Waals surface area contributed by atoms with Crippen molar-refractivity contribution in [2.75, 3.05) is 22.6 Å². The number of nitrogens with zero attached hydrogens (tertiary/aromatic N) is 3. The number of hydrogen-bond acceptors (Lipinski definition) is 7. The zero-order valence-corrected chi connectivity index (χ0v) is 15.8. The molecule has 0 saturated carbocycles. The van der Waals surface area contributed by atoms with Crippen LogP contribution in [0.3, 0.4) is 0 Å². The van der Waals surface area contributed by atoms with Crippen LogP contribution in [0.2, 0.25) is 0 Å². The molecular formula is C18H18N6O3S. The fraction of sp³-hybridized carbons (Fsp3) is 0.167. The molecule has 4 rings (SSSR count). The molecule has 0 saturated heterocycles. The van der Waals surface area contributed by atoms with E-state index in [1.165, 1.54) is 12.3 Å². The highest BCUT2D eigenvalue weighted by Gasteiger charge is 2.25. The topological polar surface area (TPSA) is 130 Å². The molecule has 1 aromatic heterocycles. The Hall–Kier alpha value is -3.24. The lowest BCUT2D eigenvalue weighted by Crippen LogP contribution is -2.27. The average molecular weight is 398 g/mol. The number of nitrogens with two attached hydrogens (primary N) is 1. The number of carbonyl (C=O) groups is 1.